The smallest absolute Gasteiger partial charge is 0.255 e. The molecule has 0 spiro atoms. The maximum Gasteiger partial charge on any atom is 0.255 e. The quantitative estimate of drug-likeness (QED) is 0.855. The zero-order valence-electron chi connectivity index (χ0n) is 12.7. The van der Waals surface area contributed by atoms with E-state index in [-0.39, 0.29) is 30.2 Å². The van der Waals surface area contributed by atoms with E-state index in [1.807, 2.05) is 12.1 Å². The summed E-state index contributed by atoms with van der Waals surface area (Å²) in [5.41, 5.74) is 1.51. The Bertz CT molecular complexity index is 696. The second-order valence-electron chi connectivity index (χ2n) is 6.39. The summed E-state index contributed by atoms with van der Waals surface area (Å²) in [5, 5.41) is 2.31. The second kappa shape index (κ2) is 5.37. The summed E-state index contributed by atoms with van der Waals surface area (Å²) in [6, 6.07) is 4.93. The molecule has 3 aliphatic rings. The van der Waals surface area contributed by atoms with Crippen LogP contribution in [0.25, 0.3) is 0 Å². The molecule has 1 N–H and O–H groups in total. The third-order valence-corrected chi connectivity index (χ3v) is 4.85. The summed E-state index contributed by atoms with van der Waals surface area (Å²) < 4.78 is 5.87. The number of imide groups is 1. The van der Waals surface area contributed by atoms with Crippen LogP contribution in [-0.4, -0.2) is 34.8 Å². The molecule has 2 fully saturated rings. The van der Waals surface area contributed by atoms with Crippen LogP contribution in [0.2, 0.25) is 0 Å². The van der Waals surface area contributed by atoms with Crippen molar-refractivity contribution in [3.63, 3.8) is 0 Å². The normalized spacial score (nSPS) is 24.3. The maximum atomic E-state index is 12.5. The molecule has 23 heavy (non-hydrogen) atoms. The lowest BCUT2D eigenvalue weighted by molar-refractivity contribution is -0.136. The van der Waals surface area contributed by atoms with Gasteiger partial charge in [0.25, 0.3) is 5.91 Å². The molecule has 6 nitrogen and oxygen atoms in total. The molecule has 1 saturated carbocycles. The fraction of sp³-hybridized carbons (Fsp3) is 0.471. The van der Waals surface area contributed by atoms with Gasteiger partial charge in [0.1, 0.15) is 11.8 Å². The minimum atomic E-state index is -0.566. The minimum absolute atomic E-state index is 0.148. The number of nitrogens with one attached hydrogen (secondary N) is 1. The molecular formula is C17H18N2O4. The number of hydrogen-bond acceptors (Lipinski definition) is 4. The van der Waals surface area contributed by atoms with Gasteiger partial charge in [0.2, 0.25) is 11.8 Å². The van der Waals surface area contributed by atoms with Crippen molar-refractivity contribution in [1.82, 2.24) is 10.2 Å². The number of fused-ring (bicyclic) bond motifs is 1. The summed E-state index contributed by atoms with van der Waals surface area (Å²) in [4.78, 5) is 37.4. The maximum absolute atomic E-state index is 12.5. The summed E-state index contributed by atoms with van der Waals surface area (Å²) >= 11 is 0. The van der Waals surface area contributed by atoms with Crippen LogP contribution in [-0.2, 0) is 16.1 Å². The molecular weight excluding hydrogens is 296 g/mol. The summed E-state index contributed by atoms with van der Waals surface area (Å²) in [7, 11) is 0. The molecule has 2 heterocycles. The standard InChI is InChI=1S/C17H18N2O4/c20-15-7-6-14(16(21)18-15)19-9-10-8-12(23-11-2-1-3-11)4-5-13(10)17(19)22/h4-5,8,11,14H,1-3,6-7,9H2,(H,18,20,21). The number of piperidine rings is 1. The van der Waals surface area contributed by atoms with Crippen molar-refractivity contribution in [3.05, 3.63) is 29.3 Å². The molecule has 6 heteroatoms. The Balaban J connectivity index is 1.52. The molecule has 1 aromatic carbocycles. The summed E-state index contributed by atoms with van der Waals surface area (Å²) in [6.07, 6.45) is 4.31. The number of carbonyl (C=O) groups is 3. The molecule has 0 radical (unpaired) electrons. The van der Waals surface area contributed by atoms with Gasteiger partial charge in [-0.15, -0.1) is 0 Å². The van der Waals surface area contributed by atoms with Gasteiger partial charge in [-0.2, -0.15) is 0 Å². The highest BCUT2D eigenvalue weighted by molar-refractivity contribution is 6.05. The minimum Gasteiger partial charge on any atom is -0.490 e. The first-order chi connectivity index (χ1) is 11.1. The monoisotopic (exact) mass is 314 g/mol. The van der Waals surface area contributed by atoms with Crippen LogP contribution in [0.5, 0.6) is 5.75 Å². The van der Waals surface area contributed by atoms with Crippen LogP contribution in [0.3, 0.4) is 0 Å². The summed E-state index contributed by atoms with van der Waals surface area (Å²) in [6.45, 7) is 0.391. The molecule has 1 unspecified atom stereocenters. The van der Waals surface area contributed by atoms with E-state index in [9.17, 15) is 14.4 Å². The first kappa shape index (κ1) is 14.2. The van der Waals surface area contributed by atoms with Crippen molar-refractivity contribution >= 4 is 17.7 Å². The SMILES string of the molecule is O=C1CCC(N2Cc3cc(OC4CCC4)ccc3C2=O)C(=O)N1. The van der Waals surface area contributed by atoms with Crippen LogP contribution >= 0.6 is 0 Å². The van der Waals surface area contributed by atoms with Crippen molar-refractivity contribution in [2.45, 2.75) is 50.8 Å². The van der Waals surface area contributed by atoms with Crippen molar-refractivity contribution < 1.29 is 19.1 Å². The Morgan fingerprint density at radius 2 is 1.96 bits per heavy atom. The number of amides is 3. The van der Waals surface area contributed by atoms with Crippen molar-refractivity contribution in [3.8, 4) is 5.75 Å². The highest BCUT2D eigenvalue weighted by Gasteiger charge is 2.39. The third kappa shape index (κ3) is 2.48. The second-order valence-corrected chi connectivity index (χ2v) is 6.39. The van der Waals surface area contributed by atoms with Crippen LogP contribution in [0, 0.1) is 0 Å². The molecule has 4 rings (SSSR count). The van der Waals surface area contributed by atoms with Gasteiger partial charge < -0.3 is 9.64 Å². The Hall–Kier alpha value is -2.37. The number of ether oxygens (including phenoxy) is 1. The Morgan fingerprint density at radius 3 is 2.65 bits per heavy atom. The number of benzene rings is 1. The van der Waals surface area contributed by atoms with Crippen LogP contribution in [0.15, 0.2) is 18.2 Å². The van der Waals surface area contributed by atoms with E-state index in [1.165, 1.54) is 6.42 Å². The number of rotatable bonds is 3. The fourth-order valence-electron chi connectivity index (χ4n) is 3.31. The average molecular weight is 314 g/mol. The van der Waals surface area contributed by atoms with Crippen LogP contribution < -0.4 is 10.1 Å². The predicted octanol–water partition coefficient (Wildman–Crippen LogP) is 1.38. The Morgan fingerprint density at radius 1 is 1.13 bits per heavy atom. The van der Waals surface area contributed by atoms with Gasteiger partial charge in [-0.3, -0.25) is 19.7 Å². The van der Waals surface area contributed by atoms with E-state index in [0.29, 0.717) is 18.5 Å². The van der Waals surface area contributed by atoms with Gasteiger partial charge in [-0.25, -0.2) is 0 Å². The van der Waals surface area contributed by atoms with Crippen molar-refractivity contribution in [1.29, 1.82) is 0 Å². The largest absolute Gasteiger partial charge is 0.490 e. The molecule has 1 saturated heterocycles. The zero-order chi connectivity index (χ0) is 16.0. The molecule has 2 aliphatic heterocycles. The lowest BCUT2D eigenvalue weighted by Gasteiger charge is -2.29. The predicted molar refractivity (Wildman–Crippen MR) is 80.8 cm³/mol. The van der Waals surface area contributed by atoms with E-state index in [4.69, 9.17) is 4.74 Å². The summed E-state index contributed by atoms with van der Waals surface area (Å²) in [5.74, 6) is -0.0176. The lowest BCUT2D eigenvalue weighted by atomic mass is 9.96. The molecule has 120 valence electrons. The molecule has 3 amide bonds. The van der Waals surface area contributed by atoms with E-state index in [1.54, 1.807) is 11.0 Å². The Labute approximate surface area is 133 Å². The van der Waals surface area contributed by atoms with E-state index >= 15 is 0 Å². The van der Waals surface area contributed by atoms with E-state index in [2.05, 4.69) is 5.32 Å². The van der Waals surface area contributed by atoms with Crippen molar-refractivity contribution in [2.75, 3.05) is 0 Å². The number of nitrogens with zero attached hydrogens (tertiary/aromatic N) is 1. The zero-order valence-corrected chi connectivity index (χ0v) is 12.7. The highest BCUT2D eigenvalue weighted by Crippen LogP contribution is 2.32. The topological polar surface area (TPSA) is 75.7 Å². The Kier molecular flexibility index (Phi) is 3.32. The molecule has 1 aromatic rings. The highest BCUT2D eigenvalue weighted by atomic mass is 16.5. The van der Waals surface area contributed by atoms with Crippen molar-refractivity contribution in [2.24, 2.45) is 0 Å². The van der Waals surface area contributed by atoms with Crippen LogP contribution in [0.4, 0.5) is 0 Å². The molecule has 1 aliphatic carbocycles. The van der Waals surface area contributed by atoms with E-state index < -0.39 is 6.04 Å². The van der Waals surface area contributed by atoms with Crippen LogP contribution in [0.1, 0.15) is 48.0 Å². The third-order valence-electron chi connectivity index (χ3n) is 4.85. The molecule has 1 atom stereocenters. The van der Waals surface area contributed by atoms with Gasteiger partial charge in [0, 0.05) is 18.5 Å². The first-order valence-corrected chi connectivity index (χ1v) is 8.06. The number of carbonyl (C=O) groups excluding carboxylic acids is 3. The lowest BCUT2D eigenvalue weighted by Crippen LogP contribution is -2.52. The average Bonchev–Trinajstić information content (AvgIpc) is 2.80. The fourth-order valence-corrected chi connectivity index (χ4v) is 3.31. The van der Waals surface area contributed by atoms with Gasteiger partial charge in [-0.05, 0) is 49.4 Å². The first-order valence-electron chi connectivity index (χ1n) is 8.06. The molecule has 0 aromatic heterocycles. The number of hydrogen-bond donors (Lipinski definition) is 1. The van der Waals surface area contributed by atoms with Gasteiger partial charge in [-0.1, -0.05) is 0 Å². The molecule has 0 bridgehead atoms. The van der Waals surface area contributed by atoms with Gasteiger partial charge in [0.05, 0.1) is 6.10 Å². The van der Waals surface area contributed by atoms with Gasteiger partial charge >= 0.3 is 0 Å². The van der Waals surface area contributed by atoms with Gasteiger partial charge in [0.15, 0.2) is 0 Å². The van der Waals surface area contributed by atoms with E-state index in [0.717, 1.165) is 24.2 Å².